The van der Waals surface area contributed by atoms with E-state index in [-0.39, 0.29) is 12.2 Å². The number of hydrogen-bond acceptors (Lipinski definition) is 3. The number of ether oxygens (including phenoxy) is 1. The number of nitriles is 1. The maximum Gasteiger partial charge on any atom is 0.313 e. The quantitative estimate of drug-likeness (QED) is 0.736. The van der Waals surface area contributed by atoms with Gasteiger partial charge in [-0.05, 0) is 31.5 Å². The van der Waals surface area contributed by atoms with E-state index in [9.17, 15) is 9.18 Å². The molecule has 0 aliphatic carbocycles. The summed E-state index contributed by atoms with van der Waals surface area (Å²) in [6.45, 7) is 3.62. The summed E-state index contributed by atoms with van der Waals surface area (Å²) in [5.74, 6) is -1.46. The van der Waals surface area contributed by atoms with E-state index in [4.69, 9.17) is 10.00 Å². The van der Waals surface area contributed by atoms with Gasteiger partial charge in [-0.25, -0.2) is 4.39 Å². The topological polar surface area (TPSA) is 50.1 Å². The molecule has 0 aromatic heterocycles. The van der Waals surface area contributed by atoms with Crippen LogP contribution >= 0.6 is 0 Å². The van der Waals surface area contributed by atoms with Crippen LogP contribution in [0, 0.1) is 17.1 Å². The lowest BCUT2D eigenvalue weighted by Gasteiger charge is -2.12. The van der Waals surface area contributed by atoms with Crippen molar-refractivity contribution in [2.75, 3.05) is 6.61 Å². The van der Waals surface area contributed by atoms with E-state index in [2.05, 4.69) is 0 Å². The van der Waals surface area contributed by atoms with Gasteiger partial charge in [-0.2, -0.15) is 5.26 Å². The molecule has 16 heavy (non-hydrogen) atoms. The normalized spacial score (nSPS) is 11.6. The summed E-state index contributed by atoms with van der Waals surface area (Å²) < 4.78 is 17.7. The standard InChI is InChI=1S/C12H12FNO2/c1-3-16-12(15)8(2)11-5-4-10(13)6-9(11)7-14/h4-6,8H,3H2,1-2H3. The number of benzene rings is 1. The number of hydrogen-bond donors (Lipinski definition) is 0. The van der Waals surface area contributed by atoms with Crippen molar-refractivity contribution in [3.05, 3.63) is 35.1 Å². The Morgan fingerprint density at radius 2 is 2.31 bits per heavy atom. The summed E-state index contributed by atoms with van der Waals surface area (Å²) in [4.78, 5) is 11.5. The lowest BCUT2D eigenvalue weighted by atomic mass is 9.96. The number of esters is 1. The van der Waals surface area contributed by atoms with Gasteiger partial charge < -0.3 is 4.74 Å². The van der Waals surface area contributed by atoms with Crippen LogP contribution in [0.1, 0.15) is 30.9 Å². The van der Waals surface area contributed by atoms with Crippen LogP contribution in [0.15, 0.2) is 18.2 Å². The molecule has 0 fully saturated rings. The second-order valence-electron chi connectivity index (χ2n) is 3.32. The zero-order valence-corrected chi connectivity index (χ0v) is 9.16. The van der Waals surface area contributed by atoms with Gasteiger partial charge in [0.2, 0.25) is 0 Å². The first-order chi connectivity index (χ1) is 7.60. The Morgan fingerprint density at radius 3 is 2.88 bits per heavy atom. The van der Waals surface area contributed by atoms with Crippen LogP contribution in [-0.2, 0) is 9.53 Å². The molecule has 0 spiro atoms. The summed E-state index contributed by atoms with van der Waals surface area (Å²) in [5, 5.41) is 8.83. The third-order valence-electron chi connectivity index (χ3n) is 2.24. The van der Waals surface area contributed by atoms with E-state index in [1.165, 1.54) is 12.1 Å². The van der Waals surface area contributed by atoms with Crippen molar-refractivity contribution in [1.82, 2.24) is 0 Å². The molecule has 4 heteroatoms. The van der Waals surface area contributed by atoms with Crippen LogP contribution in [0.4, 0.5) is 4.39 Å². The minimum atomic E-state index is -0.560. The van der Waals surface area contributed by atoms with E-state index in [0.29, 0.717) is 5.56 Å². The number of nitrogens with zero attached hydrogens (tertiary/aromatic N) is 1. The van der Waals surface area contributed by atoms with Crippen LogP contribution in [0.5, 0.6) is 0 Å². The Kier molecular flexibility index (Phi) is 4.01. The van der Waals surface area contributed by atoms with E-state index in [1.54, 1.807) is 13.8 Å². The highest BCUT2D eigenvalue weighted by molar-refractivity contribution is 5.78. The molecule has 0 aliphatic rings. The molecule has 84 valence electrons. The first-order valence-corrected chi connectivity index (χ1v) is 4.96. The zero-order valence-electron chi connectivity index (χ0n) is 9.16. The average Bonchev–Trinajstić information content (AvgIpc) is 2.28. The Bertz CT molecular complexity index is 437. The summed E-state index contributed by atoms with van der Waals surface area (Å²) in [6.07, 6.45) is 0. The van der Waals surface area contributed by atoms with Gasteiger partial charge in [0.1, 0.15) is 5.82 Å². The molecule has 1 atom stereocenters. The maximum atomic E-state index is 12.9. The summed E-state index contributed by atoms with van der Waals surface area (Å²) in [6, 6.07) is 5.65. The number of halogens is 1. The minimum Gasteiger partial charge on any atom is -0.466 e. The van der Waals surface area contributed by atoms with Gasteiger partial charge in [0.25, 0.3) is 0 Å². The monoisotopic (exact) mass is 221 g/mol. The number of carbonyl (C=O) groups excluding carboxylic acids is 1. The molecule has 1 aromatic carbocycles. The van der Waals surface area contributed by atoms with Gasteiger partial charge in [-0.15, -0.1) is 0 Å². The lowest BCUT2D eigenvalue weighted by molar-refractivity contribution is -0.144. The van der Waals surface area contributed by atoms with Gasteiger partial charge in [0, 0.05) is 0 Å². The van der Waals surface area contributed by atoms with Crippen molar-refractivity contribution in [3.63, 3.8) is 0 Å². The fourth-order valence-corrected chi connectivity index (χ4v) is 1.40. The highest BCUT2D eigenvalue weighted by Crippen LogP contribution is 2.21. The van der Waals surface area contributed by atoms with Crippen molar-refractivity contribution in [2.24, 2.45) is 0 Å². The van der Waals surface area contributed by atoms with Gasteiger partial charge in [0.15, 0.2) is 0 Å². The predicted octanol–water partition coefficient (Wildman–Crippen LogP) is 2.36. The van der Waals surface area contributed by atoms with Crippen molar-refractivity contribution in [1.29, 1.82) is 5.26 Å². The Labute approximate surface area is 93.5 Å². The first-order valence-electron chi connectivity index (χ1n) is 4.96. The summed E-state index contributed by atoms with van der Waals surface area (Å²) in [7, 11) is 0. The van der Waals surface area contributed by atoms with E-state index < -0.39 is 17.7 Å². The highest BCUT2D eigenvalue weighted by Gasteiger charge is 2.19. The van der Waals surface area contributed by atoms with Gasteiger partial charge >= 0.3 is 5.97 Å². The second-order valence-corrected chi connectivity index (χ2v) is 3.32. The Balaban J connectivity index is 3.04. The number of rotatable bonds is 3. The molecule has 0 bridgehead atoms. The third-order valence-corrected chi connectivity index (χ3v) is 2.24. The van der Waals surface area contributed by atoms with Gasteiger partial charge in [0.05, 0.1) is 24.2 Å². The van der Waals surface area contributed by atoms with E-state index in [1.807, 2.05) is 6.07 Å². The van der Waals surface area contributed by atoms with E-state index >= 15 is 0 Å². The Hall–Kier alpha value is -1.89. The molecule has 3 nitrogen and oxygen atoms in total. The third kappa shape index (κ3) is 2.57. The molecule has 0 radical (unpaired) electrons. The molecule has 0 aliphatic heterocycles. The molecule has 1 unspecified atom stereocenters. The molecule has 0 N–H and O–H groups in total. The SMILES string of the molecule is CCOC(=O)C(C)c1ccc(F)cc1C#N. The molecule has 0 saturated heterocycles. The van der Waals surface area contributed by atoms with Crippen LogP contribution in [0.2, 0.25) is 0 Å². The molecular formula is C12H12FNO2. The van der Waals surface area contributed by atoms with Crippen LogP contribution in [-0.4, -0.2) is 12.6 Å². The fraction of sp³-hybridized carbons (Fsp3) is 0.333. The first kappa shape index (κ1) is 12.2. The number of carbonyl (C=O) groups is 1. The zero-order chi connectivity index (χ0) is 12.1. The fourth-order valence-electron chi connectivity index (χ4n) is 1.40. The summed E-state index contributed by atoms with van der Waals surface area (Å²) >= 11 is 0. The molecule has 0 saturated carbocycles. The van der Waals surface area contributed by atoms with Crippen LogP contribution in [0.25, 0.3) is 0 Å². The van der Waals surface area contributed by atoms with Crippen molar-refractivity contribution < 1.29 is 13.9 Å². The predicted molar refractivity (Wildman–Crippen MR) is 56.2 cm³/mol. The molecule has 0 amide bonds. The highest BCUT2D eigenvalue weighted by atomic mass is 19.1. The van der Waals surface area contributed by atoms with Gasteiger partial charge in [-0.1, -0.05) is 6.07 Å². The van der Waals surface area contributed by atoms with E-state index in [0.717, 1.165) is 6.07 Å². The smallest absolute Gasteiger partial charge is 0.313 e. The lowest BCUT2D eigenvalue weighted by Crippen LogP contribution is -2.14. The van der Waals surface area contributed by atoms with Crippen LogP contribution < -0.4 is 0 Å². The average molecular weight is 221 g/mol. The second kappa shape index (κ2) is 5.26. The molecule has 1 aromatic rings. The van der Waals surface area contributed by atoms with Crippen molar-refractivity contribution >= 4 is 5.97 Å². The Morgan fingerprint density at radius 1 is 1.62 bits per heavy atom. The largest absolute Gasteiger partial charge is 0.466 e. The molecule has 1 rings (SSSR count). The summed E-state index contributed by atoms with van der Waals surface area (Å²) in [5.41, 5.74) is 0.655. The minimum absolute atomic E-state index is 0.167. The maximum absolute atomic E-state index is 12.9. The van der Waals surface area contributed by atoms with Crippen LogP contribution in [0.3, 0.4) is 0 Å². The van der Waals surface area contributed by atoms with Crippen molar-refractivity contribution in [2.45, 2.75) is 19.8 Å². The molecular weight excluding hydrogens is 209 g/mol. The molecule has 0 heterocycles. The van der Waals surface area contributed by atoms with Crippen molar-refractivity contribution in [3.8, 4) is 6.07 Å². The van der Waals surface area contributed by atoms with Gasteiger partial charge in [-0.3, -0.25) is 4.79 Å².